The van der Waals surface area contributed by atoms with Crippen molar-refractivity contribution in [3.8, 4) is 12.3 Å². The molecule has 1 aliphatic heterocycles. The molecule has 0 saturated carbocycles. The molecule has 1 aromatic heterocycles. The Morgan fingerprint density at radius 2 is 2.42 bits per heavy atom. The summed E-state index contributed by atoms with van der Waals surface area (Å²) < 4.78 is 10.7. The van der Waals surface area contributed by atoms with E-state index in [4.69, 9.17) is 21.0 Å². The van der Waals surface area contributed by atoms with E-state index in [1.165, 1.54) is 13.3 Å². The van der Waals surface area contributed by atoms with Crippen molar-refractivity contribution < 1.29 is 19.7 Å². The van der Waals surface area contributed by atoms with Gasteiger partial charge in [0.05, 0.1) is 6.61 Å². The van der Waals surface area contributed by atoms with Crippen LogP contribution in [0.3, 0.4) is 0 Å². The summed E-state index contributed by atoms with van der Waals surface area (Å²) in [5.74, 6) is 2.33. The summed E-state index contributed by atoms with van der Waals surface area (Å²) in [6, 6.07) is 0. The number of aromatic nitrogens is 2. The molecule has 0 bridgehead atoms. The van der Waals surface area contributed by atoms with Gasteiger partial charge in [-0.2, -0.15) is 0 Å². The number of nitrogens with zero attached hydrogens (tertiary/aromatic N) is 1. The third-order valence-electron chi connectivity index (χ3n) is 3.08. The second-order valence-electron chi connectivity index (χ2n) is 4.13. The molecule has 7 nitrogen and oxygen atoms in total. The van der Waals surface area contributed by atoms with Gasteiger partial charge in [-0.25, -0.2) is 9.78 Å². The van der Waals surface area contributed by atoms with Crippen molar-refractivity contribution in [3.05, 3.63) is 27.9 Å². The van der Waals surface area contributed by atoms with Gasteiger partial charge in [-0.1, -0.05) is 5.92 Å². The smallest absolute Gasteiger partial charge is 0.345 e. The molecule has 2 heterocycles. The highest BCUT2D eigenvalue weighted by atomic mass is 16.6. The minimum absolute atomic E-state index is 0.220. The molecule has 0 spiro atoms. The largest absolute Gasteiger partial charge is 0.394 e. The molecule has 2 rings (SSSR count). The van der Waals surface area contributed by atoms with E-state index in [-0.39, 0.29) is 12.3 Å². The lowest BCUT2D eigenvalue weighted by atomic mass is 10.0. The number of methoxy groups -OCH3 is 1. The minimum Gasteiger partial charge on any atom is -0.394 e. The van der Waals surface area contributed by atoms with Crippen molar-refractivity contribution in [2.75, 3.05) is 13.7 Å². The average molecular weight is 266 g/mol. The summed E-state index contributed by atoms with van der Waals surface area (Å²) in [5, 5.41) is 19.1. The lowest BCUT2D eigenvalue weighted by Gasteiger charge is -2.19. The maximum Gasteiger partial charge on any atom is 0.345 e. The van der Waals surface area contributed by atoms with Gasteiger partial charge in [0.1, 0.15) is 30.1 Å². The molecule has 1 aliphatic rings. The number of aromatic amines is 1. The number of hydrogen-bond donors (Lipinski definition) is 3. The molecule has 1 aromatic rings. The van der Waals surface area contributed by atoms with E-state index in [0.717, 1.165) is 0 Å². The molecule has 7 heteroatoms. The number of nitrogens with one attached hydrogen (secondary N) is 1. The summed E-state index contributed by atoms with van der Waals surface area (Å²) in [5.41, 5.74) is 0.0877. The summed E-state index contributed by atoms with van der Waals surface area (Å²) in [6.07, 6.45) is 3.45. The van der Waals surface area contributed by atoms with Gasteiger partial charge in [0.25, 0.3) is 0 Å². The fourth-order valence-electron chi connectivity index (χ4n) is 2.14. The van der Waals surface area contributed by atoms with Crippen LogP contribution in [0.1, 0.15) is 17.4 Å². The van der Waals surface area contributed by atoms with Crippen molar-refractivity contribution in [2.45, 2.75) is 24.4 Å². The second-order valence-corrected chi connectivity index (χ2v) is 4.13. The van der Waals surface area contributed by atoms with Gasteiger partial charge in [0, 0.05) is 18.9 Å². The fourth-order valence-corrected chi connectivity index (χ4v) is 2.14. The van der Waals surface area contributed by atoms with Gasteiger partial charge >= 0.3 is 5.69 Å². The Morgan fingerprint density at radius 3 is 3.00 bits per heavy atom. The Morgan fingerprint density at radius 1 is 1.68 bits per heavy atom. The molecule has 0 aliphatic carbocycles. The van der Waals surface area contributed by atoms with E-state index >= 15 is 0 Å². The number of rotatable bonds is 3. The van der Waals surface area contributed by atoms with Crippen LogP contribution in [0.5, 0.6) is 0 Å². The van der Waals surface area contributed by atoms with Crippen LogP contribution in [0.25, 0.3) is 0 Å². The van der Waals surface area contributed by atoms with Crippen LogP contribution in [0.15, 0.2) is 11.0 Å². The number of ether oxygens (including phenoxy) is 2. The van der Waals surface area contributed by atoms with Crippen molar-refractivity contribution in [2.24, 2.45) is 0 Å². The molecular formula is C12H14N2O5. The lowest BCUT2D eigenvalue weighted by Crippen LogP contribution is -2.34. The van der Waals surface area contributed by atoms with Crippen LogP contribution in [0.4, 0.5) is 0 Å². The Labute approximate surface area is 109 Å². The Balaban J connectivity index is 2.41. The van der Waals surface area contributed by atoms with E-state index in [0.29, 0.717) is 5.56 Å². The molecule has 0 amide bonds. The summed E-state index contributed by atoms with van der Waals surface area (Å²) >= 11 is 0. The summed E-state index contributed by atoms with van der Waals surface area (Å²) in [7, 11) is 1.42. The van der Waals surface area contributed by atoms with Gasteiger partial charge in [-0.05, 0) is 0 Å². The van der Waals surface area contributed by atoms with Gasteiger partial charge < -0.3 is 19.7 Å². The average Bonchev–Trinajstić information content (AvgIpc) is 2.74. The second kappa shape index (κ2) is 5.50. The van der Waals surface area contributed by atoms with E-state index in [1.807, 2.05) is 0 Å². The highest BCUT2D eigenvalue weighted by Crippen LogP contribution is 2.35. The fraction of sp³-hybridized carbons (Fsp3) is 0.500. The molecule has 0 radical (unpaired) electrons. The van der Waals surface area contributed by atoms with E-state index in [1.54, 1.807) is 0 Å². The van der Waals surface area contributed by atoms with Crippen molar-refractivity contribution in [1.82, 2.24) is 9.97 Å². The molecule has 1 fully saturated rings. The summed E-state index contributed by atoms with van der Waals surface area (Å²) in [6.45, 7) is -0.348. The van der Waals surface area contributed by atoms with Crippen LogP contribution >= 0.6 is 0 Å². The SMILES string of the molecule is C#Cc1[nH]c(=O)ncc1[C@@H]1O[C@H](CO)C(O)C1OC. The zero-order valence-electron chi connectivity index (χ0n) is 10.2. The number of H-pyrrole nitrogens is 1. The molecule has 19 heavy (non-hydrogen) atoms. The predicted octanol–water partition coefficient (Wildman–Crippen LogP) is -1.44. The number of aliphatic hydroxyl groups is 2. The van der Waals surface area contributed by atoms with Gasteiger partial charge in [-0.15, -0.1) is 6.42 Å². The molecule has 4 atom stereocenters. The topological polar surface area (TPSA) is 105 Å². The number of terminal acetylenes is 1. The van der Waals surface area contributed by atoms with E-state index in [2.05, 4.69) is 15.9 Å². The first-order valence-electron chi connectivity index (χ1n) is 5.65. The predicted molar refractivity (Wildman–Crippen MR) is 64.3 cm³/mol. The third-order valence-corrected chi connectivity index (χ3v) is 3.08. The molecule has 2 unspecified atom stereocenters. The van der Waals surface area contributed by atoms with Gasteiger partial charge in [0.2, 0.25) is 0 Å². The summed E-state index contributed by atoms with van der Waals surface area (Å²) in [4.78, 5) is 17.1. The number of hydrogen-bond acceptors (Lipinski definition) is 6. The zero-order chi connectivity index (χ0) is 14.0. The minimum atomic E-state index is -0.988. The van der Waals surface area contributed by atoms with Crippen LogP contribution in [0.2, 0.25) is 0 Å². The van der Waals surface area contributed by atoms with Crippen molar-refractivity contribution in [1.29, 1.82) is 0 Å². The molecular weight excluding hydrogens is 252 g/mol. The lowest BCUT2D eigenvalue weighted by molar-refractivity contribution is -0.0237. The van der Waals surface area contributed by atoms with Crippen LogP contribution < -0.4 is 5.69 Å². The van der Waals surface area contributed by atoms with Crippen LogP contribution in [-0.4, -0.2) is 52.2 Å². The molecule has 102 valence electrons. The quantitative estimate of drug-likeness (QED) is 0.579. The van der Waals surface area contributed by atoms with Crippen molar-refractivity contribution >= 4 is 0 Å². The Bertz CT molecular complexity index is 550. The van der Waals surface area contributed by atoms with E-state index < -0.39 is 30.1 Å². The maximum atomic E-state index is 11.1. The molecule has 0 aromatic carbocycles. The highest BCUT2D eigenvalue weighted by Gasteiger charge is 2.45. The first kappa shape index (κ1) is 13.7. The van der Waals surface area contributed by atoms with Crippen LogP contribution in [0, 0.1) is 12.3 Å². The number of aliphatic hydroxyl groups excluding tert-OH is 2. The van der Waals surface area contributed by atoms with Crippen LogP contribution in [-0.2, 0) is 9.47 Å². The van der Waals surface area contributed by atoms with E-state index in [9.17, 15) is 9.90 Å². The highest BCUT2D eigenvalue weighted by molar-refractivity contribution is 5.34. The first-order valence-corrected chi connectivity index (χ1v) is 5.65. The van der Waals surface area contributed by atoms with Crippen molar-refractivity contribution in [3.63, 3.8) is 0 Å². The normalized spacial score (nSPS) is 30.2. The standard InChI is InChI=1S/C12H14N2O5/c1-3-7-6(4-13-12(17)14-7)10-11(18-2)9(16)8(5-15)19-10/h1,4,8-11,15-16H,5H2,2H3,(H,13,14,17)/t8-,9?,10+,11?/m1/s1. The maximum absolute atomic E-state index is 11.1. The third kappa shape index (κ3) is 2.39. The Kier molecular flexibility index (Phi) is 3.97. The molecule has 3 N–H and O–H groups in total. The molecule has 1 saturated heterocycles. The van der Waals surface area contributed by atoms with Gasteiger partial charge in [0.15, 0.2) is 0 Å². The first-order chi connectivity index (χ1) is 9.12. The monoisotopic (exact) mass is 266 g/mol. The Hall–Kier alpha value is -1.72. The van der Waals surface area contributed by atoms with Gasteiger partial charge in [-0.3, -0.25) is 4.98 Å². The zero-order valence-corrected chi connectivity index (χ0v) is 10.2.